The Morgan fingerprint density at radius 3 is 3.25 bits per heavy atom. The fourth-order valence-electron chi connectivity index (χ4n) is 0.642. The van der Waals surface area contributed by atoms with Gasteiger partial charge in [0.2, 0.25) is 0 Å². The molecule has 0 aromatic carbocycles. The summed E-state index contributed by atoms with van der Waals surface area (Å²) in [7, 11) is 0. The molecule has 2 heteroatoms. The average molecular weight is 139 g/mol. The van der Waals surface area contributed by atoms with E-state index in [1.54, 1.807) is 22.7 Å². The Kier molecular flexibility index (Phi) is 0.889. The van der Waals surface area contributed by atoms with Crippen LogP contribution in [0.1, 0.15) is 0 Å². The highest BCUT2D eigenvalue weighted by Gasteiger charge is 1.91. The van der Waals surface area contributed by atoms with E-state index < -0.39 is 0 Å². The van der Waals surface area contributed by atoms with Crippen LogP contribution in [0.15, 0.2) is 16.8 Å². The van der Waals surface area contributed by atoms with Crippen molar-refractivity contribution in [3.63, 3.8) is 0 Å². The lowest BCUT2D eigenvalue weighted by Crippen LogP contribution is -1.34. The van der Waals surface area contributed by atoms with Gasteiger partial charge in [-0.1, -0.05) is 0 Å². The first kappa shape index (κ1) is 4.53. The zero-order chi connectivity index (χ0) is 5.40. The van der Waals surface area contributed by atoms with Crippen LogP contribution in [0, 0.1) is 6.07 Å². The molecule has 39 valence electrons. The maximum atomic E-state index is 3.14. The average Bonchev–Trinajstić information content (AvgIpc) is 2.15. The minimum atomic E-state index is 1.29. The van der Waals surface area contributed by atoms with Crippen LogP contribution in [0.4, 0.5) is 0 Å². The fraction of sp³-hybridized carbons (Fsp3) is 0. The molecular weight excluding hydrogens is 136 g/mol. The molecule has 1 radical (unpaired) electrons. The third kappa shape index (κ3) is 0.501. The maximum absolute atomic E-state index is 3.14. The summed E-state index contributed by atoms with van der Waals surface area (Å²) in [6.07, 6.45) is 0. The molecule has 8 heavy (non-hydrogen) atoms. The summed E-state index contributed by atoms with van der Waals surface area (Å²) >= 11 is 3.50. The van der Waals surface area contributed by atoms with Crippen molar-refractivity contribution in [1.29, 1.82) is 0 Å². The minimum absolute atomic E-state index is 1.29. The predicted molar refractivity (Wildman–Crippen MR) is 38.5 cm³/mol. The van der Waals surface area contributed by atoms with Gasteiger partial charge in [-0.2, -0.15) is 0 Å². The van der Waals surface area contributed by atoms with Crippen LogP contribution in [0.25, 0.3) is 9.40 Å². The molecule has 0 nitrogen and oxygen atoms in total. The predicted octanol–water partition coefficient (Wildman–Crippen LogP) is 2.76. The summed E-state index contributed by atoms with van der Waals surface area (Å²) in [6.45, 7) is 0. The molecule has 0 unspecified atom stereocenters. The van der Waals surface area contributed by atoms with Crippen molar-refractivity contribution < 1.29 is 0 Å². The summed E-state index contributed by atoms with van der Waals surface area (Å²) in [6, 6.07) is 5.26. The first-order valence-corrected chi connectivity index (χ1v) is 4.05. The van der Waals surface area contributed by atoms with E-state index in [0.29, 0.717) is 0 Å². The van der Waals surface area contributed by atoms with E-state index >= 15 is 0 Å². The van der Waals surface area contributed by atoms with Gasteiger partial charge in [-0.3, -0.25) is 0 Å². The summed E-state index contributed by atoms with van der Waals surface area (Å²) in [5, 5.41) is 4.10. The van der Waals surface area contributed by atoms with Crippen LogP contribution in [-0.2, 0) is 0 Å². The first-order valence-electron chi connectivity index (χ1n) is 2.29. The lowest BCUT2D eigenvalue weighted by Gasteiger charge is -1.63. The lowest BCUT2D eigenvalue weighted by molar-refractivity contribution is 2.20. The van der Waals surface area contributed by atoms with E-state index in [1.165, 1.54) is 9.40 Å². The summed E-state index contributed by atoms with van der Waals surface area (Å²) in [4.78, 5) is 0. The second-order valence-electron chi connectivity index (χ2n) is 1.49. The van der Waals surface area contributed by atoms with E-state index in [0.717, 1.165) is 0 Å². The molecule has 0 aliphatic rings. The Bertz CT molecular complexity index is 228. The molecule has 0 fully saturated rings. The third-order valence-electron chi connectivity index (χ3n) is 1.01. The molecule has 0 spiro atoms. The first-order chi connectivity index (χ1) is 3.97. The quantitative estimate of drug-likeness (QED) is 0.526. The molecule has 2 heterocycles. The molecule has 0 atom stereocenters. The van der Waals surface area contributed by atoms with Crippen LogP contribution < -0.4 is 0 Å². The van der Waals surface area contributed by atoms with E-state index in [9.17, 15) is 0 Å². The van der Waals surface area contributed by atoms with Crippen LogP contribution in [0.3, 0.4) is 0 Å². The van der Waals surface area contributed by atoms with Gasteiger partial charge in [0.15, 0.2) is 0 Å². The molecule has 2 rings (SSSR count). The Morgan fingerprint density at radius 2 is 2.38 bits per heavy atom. The van der Waals surface area contributed by atoms with Crippen molar-refractivity contribution in [2.75, 3.05) is 0 Å². The van der Waals surface area contributed by atoms with E-state index in [2.05, 4.69) is 17.5 Å². The largest absolute Gasteiger partial charge is 0.142 e. The van der Waals surface area contributed by atoms with Gasteiger partial charge in [0.1, 0.15) is 0 Å². The molecule has 0 amide bonds. The fourth-order valence-corrected chi connectivity index (χ4v) is 2.36. The van der Waals surface area contributed by atoms with Crippen molar-refractivity contribution in [3.8, 4) is 0 Å². The monoisotopic (exact) mass is 139 g/mol. The SMILES string of the molecule is [c]1csc2ccsc12. The highest BCUT2D eigenvalue weighted by atomic mass is 32.1. The van der Waals surface area contributed by atoms with Gasteiger partial charge in [0.05, 0.1) is 4.70 Å². The molecular formula is C6H3S2. The molecule has 0 N–H and O–H groups in total. The highest BCUT2D eigenvalue weighted by Crippen LogP contribution is 2.24. The zero-order valence-corrected chi connectivity index (χ0v) is 5.68. The van der Waals surface area contributed by atoms with Crippen LogP contribution in [0.5, 0.6) is 0 Å². The number of rotatable bonds is 0. The van der Waals surface area contributed by atoms with E-state index in [1.807, 2.05) is 5.38 Å². The second-order valence-corrected chi connectivity index (χ2v) is 3.32. The molecule has 0 bridgehead atoms. The third-order valence-corrected chi connectivity index (χ3v) is 2.81. The standard InChI is InChI=1S/C6H3S2/c1-3-7-6-2-4-8-5(1)6/h1,3-4H. The Morgan fingerprint density at radius 1 is 1.38 bits per heavy atom. The molecule has 2 aromatic heterocycles. The summed E-state index contributed by atoms with van der Waals surface area (Å²) in [5.41, 5.74) is 0. The second kappa shape index (κ2) is 1.57. The molecule has 0 aliphatic carbocycles. The Hall–Kier alpha value is -0.340. The molecule has 0 saturated carbocycles. The van der Waals surface area contributed by atoms with Crippen LogP contribution in [-0.4, -0.2) is 0 Å². The lowest BCUT2D eigenvalue weighted by atomic mass is 10.5. The van der Waals surface area contributed by atoms with E-state index in [-0.39, 0.29) is 0 Å². The number of thiophene rings is 2. The van der Waals surface area contributed by atoms with Gasteiger partial charge in [-0.15, -0.1) is 22.7 Å². The smallest absolute Gasteiger partial charge is 0.0529 e. The van der Waals surface area contributed by atoms with Crippen molar-refractivity contribution in [2.45, 2.75) is 0 Å². The molecule has 0 aliphatic heterocycles. The normalized spacial score (nSPS) is 10.5. The summed E-state index contributed by atoms with van der Waals surface area (Å²) < 4.78 is 2.64. The van der Waals surface area contributed by atoms with Crippen molar-refractivity contribution in [3.05, 3.63) is 22.9 Å². The maximum Gasteiger partial charge on any atom is 0.0529 e. The Labute approximate surface area is 55.4 Å². The minimum Gasteiger partial charge on any atom is -0.142 e. The molecule has 2 aromatic rings. The van der Waals surface area contributed by atoms with Crippen LogP contribution in [0.2, 0.25) is 0 Å². The zero-order valence-electron chi connectivity index (χ0n) is 4.05. The van der Waals surface area contributed by atoms with Crippen molar-refractivity contribution in [1.82, 2.24) is 0 Å². The summed E-state index contributed by atoms with van der Waals surface area (Å²) in [5.74, 6) is 0. The van der Waals surface area contributed by atoms with Gasteiger partial charge in [0, 0.05) is 16.1 Å². The van der Waals surface area contributed by atoms with Gasteiger partial charge in [-0.05, 0) is 11.4 Å². The molecule has 0 saturated heterocycles. The Balaban J connectivity index is 3.06. The van der Waals surface area contributed by atoms with Crippen LogP contribution >= 0.6 is 22.7 Å². The highest BCUT2D eigenvalue weighted by molar-refractivity contribution is 7.25. The number of fused-ring (bicyclic) bond motifs is 1. The van der Waals surface area contributed by atoms with Gasteiger partial charge >= 0.3 is 0 Å². The van der Waals surface area contributed by atoms with E-state index in [4.69, 9.17) is 0 Å². The van der Waals surface area contributed by atoms with Crippen molar-refractivity contribution >= 4 is 32.1 Å². The van der Waals surface area contributed by atoms with Gasteiger partial charge < -0.3 is 0 Å². The number of hydrogen-bond donors (Lipinski definition) is 0. The van der Waals surface area contributed by atoms with Crippen molar-refractivity contribution in [2.24, 2.45) is 0 Å². The van der Waals surface area contributed by atoms with Gasteiger partial charge in [0.25, 0.3) is 0 Å². The number of hydrogen-bond acceptors (Lipinski definition) is 2. The topological polar surface area (TPSA) is 0 Å². The van der Waals surface area contributed by atoms with Gasteiger partial charge in [-0.25, -0.2) is 0 Å².